The van der Waals surface area contributed by atoms with Crippen LogP contribution in [0.15, 0.2) is 17.5 Å². The first-order valence-electron chi connectivity index (χ1n) is 7.92. The first-order chi connectivity index (χ1) is 11.5. The monoisotopic (exact) mass is 341 g/mol. The lowest BCUT2D eigenvalue weighted by Gasteiger charge is -2.30. The highest BCUT2D eigenvalue weighted by Crippen LogP contribution is 2.27. The first-order valence-corrected chi connectivity index (χ1v) is 8.80. The van der Waals surface area contributed by atoms with Gasteiger partial charge in [-0.25, -0.2) is 9.97 Å². The number of rotatable bonds is 2. The molecule has 0 saturated heterocycles. The van der Waals surface area contributed by atoms with Crippen molar-refractivity contribution in [2.75, 3.05) is 25.5 Å². The molecule has 1 N–H and O–H groups in total. The Bertz CT molecular complexity index is 898. The van der Waals surface area contributed by atoms with E-state index in [0.717, 1.165) is 39.5 Å². The molecule has 1 aliphatic heterocycles. The van der Waals surface area contributed by atoms with Gasteiger partial charge in [-0.05, 0) is 30.9 Å². The maximum absolute atomic E-state index is 12.8. The number of hydrogen-bond acceptors (Lipinski definition) is 5. The summed E-state index contributed by atoms with van der Waals surface area (Å²) in [4.78, 5) is 29.0. The van der Waals surface area contributed by atoms with Crippen LogP contribution < -0.4 is 4.90 Å². The third-order valence-corrected chi connectivity index (χ3v) is 5.20. The predicted molar refractivity (Wildman–Crippen MR) is 95.7 cm³/mol. The fourth-order valence-electron chi connectivity index (χ4n) is 3.21. The lowest BCUT2D eigenvalue weighted by molar-refractivity contribution is 0.0726. The average molecular weight is 341 g/mol. The third kappa shape index (κ3) is 2.45. The molecule has 3 aromatic heterocycles. The van der Waals surface area contributed by atoms with Crippen LogP contribution in [-0.2, 0) is 13.0 Å². The third-order valence-electron chi connectivity index (χ3n) is 4.34. The van der Waals surface area contributed by atoms with Gasteiger partial charge in [-0.15, -0.1) is 11.3 Å². The molecule has 124 valence electrons. The summed E-state index contributed by atoms with van der Waals surface area (Å²) in [5.41, 5.74) is 3.79. The van der Waals surface area contributed by atoms with Crippen molar-refractivity contribution >= 4 is 33.3 Å². The van der Waals surface area contributed by atoms with Crippen molar-refractivity contribution in [3.63, 3.8) is 0 Å². The van der Waals surface area contributed by atoms with Crippen LogP contribution in [0.25, 0.3) is 10.2 Å². The van der Waals surface area contributed by atoms with E-state index in [0.29, 0.717) is 18.8 Å². The van der Waals surface area contributed by atoms with Gasteiger partial charge in [-0.1, -0.05) is 0 Å². The highest BCUT2D eigenvalue weighted by Gasteiger charge is 2.27. The second-order valence-electron chi connectivity index (χ2n) is 6.27. The van der Waals surface area contributed by atoms with Gasteiger partial charge in [0.1, 0.15) is 17.3 Å². The number of fused-ring (bicyclic) bond motifs is 2. The van der Waals surface area contributed by atoms with Crippen LogP contribution in [0.1, 0.15) is 27.6 Å². The molecular weight excluding hydrogens is 322 g/mol. The van der Waals surface area contributed by atoms with Gasteiger partial charge in [0.25, 0.3) is 5.91 Å². The molecule has 1 aliphatic rings. The molecule has 0 bridgehead atoms. The zero-order valence-corrected chi connectivity index (χ0v) is 14.8. The van der Waals surface area contributed by atoms with Gasteiger partial charge in [0, 0.05) is 26.2 Å². The maximum atomic E-state index is 12.8. The Morgan fingerprint density at radius 3 is 2.96 bits per heavy atom. The van der Waals surface area contributed by atoms with E-state index in [1.807, 2.05) is 48.3 Å². The van der Waals surface area contributed by atoms with Crippen LogP contribution in [0.3, 0.4) is 0 Å². The van der Waals surface area contributed by atoms with E-state index in [1.54, 1.807) is 11.3 Å². The summed E-state index contributed by atoms with van der Waals surface area (Å²) in [7, 11) is 3.98. The number of amides is 1. The number of aromatic nitrogens is 3. The molecular formula is C17H19N5OS. The standard InChI is InChI=1S/C17H19N5OS/c1-10-18-14-9-22(6-4-11(14)16(19-10)21(2)3)17(23)13-8-15-12(20-13)5-7-24-15/h5,7-8,20H,4,6,9H2,1-3H3. The Labute approximate surface area is 144 Å². The molecule has 0 aromatic carbocycles. The Morgan fingerprint density at radius 1 is 1.38 bits per heavy atom. The first kappa shape index (κ1) is 15.1. The molecule has 4 rings (SSSR count). The van der Waals surface area contributed by atoms with Crippen molar-refractivity contribution in [1.82, 2.24) is 19.9 Å². The van der Waals surface area contributed by atoms with Crippen LogP contribution in [0.4, 0.5) is 5.82 Å². The molecule has 0 saturated carbocycles. The van der Waals surface area contributed by atoms with Crippen LogP contribution in [0.2, 0.25) is 0 Å². The van der Waals surface area contributed by atoms with E-state index in [9.17, 15) is 4.79 Å². The van der Waals surface area contributed by atoms with Crippen molar-refractivity contribution in [3.8, 4) is 0 Å². The fourth-order valence-corrected chi connectivity index (χ4v) is 3.99. The second-order valence-corrected chi connectivity index (χ2v) is 7.22. The summed E-state index contributed by atoms with van der Waals surface area (Å²) >= 11 is 1.64. The number of aryl methyl sites for hydroxylation is 1. The van der Waals surface area contributed by atoms with Crippen LogP contribution >= 0.6 is 11.3 Å². The molecule has 6 nitrogen and oxygen atoms in total. The van der Waals surface area contributed by atoms with E-state index in [1.165, 1.54) is 0 Å². The van der Waals surface area contributed by atoms with Crippen molar-refractivity contribution in [2.24, 2.45) is 0 Å². The van der Waals surface area contributed by atoms with E-state index < -0.39 is 0 Å². The molecule has 0 radical (unpaired) electrons. The quantitative estimate of drug-likeness (QED) is 0.778. The Hall–Kier alpha value is -2.41. The minimum atomic E-state index is 0.0340. The van der Waals surface area contributed by atoms with E-state index in [2.05, 4.69) is 15.0 Å². The maximum Gasteiger partial charge on any atom is 0.270 e. The second kappa shape index (κ2) is 5.59. The van der Waals surface area contributed by atoms with Crippen molar-refractivity contribution < 1.29 is 4.79 Å². The lowest BCUT2D eigenvalue weighted by atomic mass is 10.0. The van der Waals surface area contributed by atoms with E-state index in [4.69, 9.17) is 0 Å². The fraction of sp³-hybridized carbons (Fsp3) is 0.353. The molecule has 0 fully saturated rings. The summed E-state index contributed by atoms with van der Waals surface area (Å²) in [6, 6.07) is 3.94. The minimum Gasteiger partial charge on any atom is -0.362 e. The van der Waals surface area contributed by atoms with Gasteiger partial charge in [-0.3, -0.25) is 4.79 Å². The number of nitrogens with zero attached hydrogens (tertiary/aromatic N) is 4. The largest absolute Gasteiger partial charge is 0.362 e. The molecule has 0 aliphatic carbocycles. The number of hydrogen-bond donors (Lipinski definition) is 1. The summed E-state index contributed by atoms with van der Waals surface area (Å²) in [6.45, 7) is 3.12. The van der Waals surface area contributed by atoms with Gasteiger partial charge in [0.2, 0.25) is 0 Å². The number of anilines is 1. The molecule has 0 spiro atoms. The SMILES string of the molecule is Cc1nc2c(c(N(C)C)n1)CCN(C(=O)c1cc3sccc3[nH]1)C2. The normalized spacial score (nSPS) is 14.0. The molecule has 0 unspecified atom stereocenters. The Balaban J connectivity index is 1.64. The summed E-state index contributed by atoms with van der Waals surface area (Å²) in [5.74, 6) is 1.74. The molecule has 24 heavy (non-hydrogen) atoms. The lowest BCUT2D eigenvalue weighted by Crippen LogP contribution is -2.37. The van der Waals surface area contributed by atoms with Crippen molar-refractivity contribution in [3.05, 3.63) is 40.3 Å². The van der Waals surface area contributed by atoms with Crippen LogP contribution in [0, 0.1) is 6.92 Å². The smallest absolute Gasteiger partial charge is 0.270 e. The van der Waals surface area contributed by atoms with E-state index in [-0.39, 0.29) is 5.91 Å². The molecule has 4 heterocycles. The Morgan fingerprint density at radius 2 is 2.21 bits per heavy atom. The van der Waals surface area contributed by atoms with Crippen LogP contribution in [-0.4, -0.2) is 46.4 Å². The van der Waals surface area contributed by atoms with Gasteiger partial charge >= 0.3 is 0 Å². The number of thiophene rings is 1. The Kier molecular flexibility index (Phi) is 3.53. The van der Waals surface area contributed by atoms with Gasteiger partial charge in [0.15, 0.2) is 0 Å². The zero-order chi connectivity index (χ0) is 16.8. The van der Waals surface area contributed by atoms with Gasteiger partial charge in [-0.2, -0.15) is 0 Å². The summed E-state index contributed by atoms with van der Waals surface area (Å²) in [6.07, 6.45) is 0.782. The molecule has 7 heteroatoms. The molecule has 1 amide bonds. The van der Waals surface area contributed by atoms with Gasteiger partial charge in [0.05, 0.1) is 22.5 Å². The number of carbonyl (C=O) groups is 1. The predicted octanol–water partition coefficient (Wildman–Crippen LogP) is 2.59. The summed E-state index contributed by atoms with van der Waals surface area (Å²) in [5, 5.41) is 2.02. The van der Waals surface area contributed by atoms with Crippen molar-refractivity contribution in [1.29, 1.82) is 0 Å². The average Bonchev–Trinajstić information content (AvgIpc) is 3.14. The highest BCUT2D eigenvalue weighted by atomic mass is 32.1. The molecule has 0 atom stereocenters. The zero-order valence-electron chi connectivity index (χ0n) is 14.0. The minimum absolute atomic E-state index is 0.0340. The number of nitrogens with one attached hydrogen (secondary N) is 1. The number of aromatic amines is 1. The van der Waals surface area contributed by atoms with Crippen molar-refractivity contribution in [2.45, 2.75) is 19.9 Å². The van der Waals surface area contributed by atoms with E-state index >= 15 is 0 Å². The van der Waals surface area contributed by atoms with Crippen LogP contribution in [0.5, 0.6) is 0 Å². The topological polar surface area (TPSA) is 65.1 Å². The summed E-state index contributed by atoms with van der Waals surface area (Å²) < 4.78 is 1.11. The number of carbonyl (C=O) groups excluding carboxylic acids is 1. The van der Waals surface area contributed by atoms with Gasteiger partial charge < -0.3 is 14.8 Å². The molecule has 3 aromatic rings. The highest BCUT2D eigenvalue weighted by molar-refractivity contribution is 7.17. The number of H-pyrrole nitrogens is 1.